The standard InChI is InChI=1S/C13H11BrFNO/c14-10-5-6-12(16-8-10)13(17)7-9-3-1-2-4-11(9)15/h1-6,8,13,17H,7H2. The first-order chi connectivity index (χ1) is 8.16. The van der Waals surface area contributed by atoms with E-state index >= 15 is 0 Å². The van der Waals surface area contributed by atoms with Gasteiger partial charge < -0.3 is 5.11 Å². The Morgan fingerprint density at radius 1 is 1.24 bits per heavy atom. The average Bonchev–Trinajstić information content (AvgIpc) is 2.33. The van der Waals surface area contributed by atoms with Gasteiger partial charge in [0.1, 0.15) is 11.9 Å². The van der Waals surface area contributed by atoms with Crippen LogP contribution in [0, 0.1) is 5.82 Å². The molecule has 1 aromatic carbocycles. The van der Waals surface area contributed by atoms with Crippen molar-refractivity contribution in [2.45, 2.75) is 12.5 Å². The van der Waals surface area contributed by atoms with Crippen molar-refractivity contribution >= 4 is 15.9 Å². The van der Waals surface area contributed by atoms with Gasteiger partial charge >= 0.3 is 0 Å². The van der Waals surface area contributed by atoms with Crippen molar-refractivity contribution in [3.05, 3.63) is 64.1 Å². The fourth-order valence-electron chi connectivity index (χ4n) is 1.56. The van der Waals surface area contributed by atoms with Crippen LogP contribution in [0.5, 0.6) is 0 Å². The van der Waals surface area contributed by atoms with Gasteiger partial charge in [-0.2, -0.15) is 0 Å². The SMILES string of the molecule is OC(Cc1ccccc1F)c1ccc(Br)cn1. The Hall–Kier alpha value is -1.26. The van der Waals surface area contributed by atoms with Crippen molar-refractivity contribution in [1.82, 2.24) is 4.98 Å². The lowest BCUT2D eigenvalue weighted by atomic mass is 10.0. The van der Waals surface area contributed by atoms with E-state index < -0.39 is 6.10 Å². The molecule has 2 aromatic rings. The Morgan fingerprint density at radius 3 is 2.65 bits per heavy atom. The highest BCUT2D eigenvalue weighted by atomic mass is 79.9. The quantitative estimate of drug-likeness (QED) is 0.943. The van der Waals surface area contributed by atoms with Crippen LogP contribution in [-0.4, -0.2) is 10.1 Å². The summed E-state index contributed by atoms with van der Waals surface area (Å²) in [5.74, 6) is -0.302. The van der Waals surface area contributed by atoms with Crippen LogP contribution in [0.25, 0.3) is 0 Å². The molecule has 0 saturated heterocycles. The molecule has 2 rings (SSSR count). The smallest absolute Gasteiger partial charge is 0.126 e. The molecule has 0 aliphatic carbocycles. The molecule has 0 aliphatic rings. The maximum Gasteiger partial charge on any atom is 0.126 e. The number of halogens is 2. The van der Waals surface area contributed by atoms with E-state index in [0.717, 1.165) is 4.47 Å². The number of aliphatic hydroxyl groups excluding tert-OH is 1. The summed E-state index contributed by atoms with van der Waals surface area (Å²) in [5.41, 5.74) is 1.03. The van der Waals surface area contributed by atoms with Crippen molar-refractivity contribution < 1.29 is 9.50 Å². The summed E-state index contributed by atoms with van der Waals surface area (Å²) in [7, 11) is 0. The van der Waals surface area contributed by atoms with Crippen LogP contribution in [0.3, 0.4) is 0 Å². The molecule has 0 amide bonds. The topological polar surface area (TPSA) is 33.1 Å². The summed E-state index contributed by atoms with van der Waals surface area (Å²) in [4.78, 5) is 4.08. The predicted octanol–water partition coefficient (Wildman–Crippen LogP) is 3.26. The third-order valence-corrected chi connectivity index (χ3v) is 2.93. The van der Waals surface area contributed by atoms with E-state index in [1.54, 1.807) is 36.5 Å². The Labute approximate surface area is 107 Å². The average molecular weight is 296 g/mol. The van der Waals surface area contributed by atoms with Gasteiger partial charge in [0.05, 0.1) is 5.69 Å². The predicted molar refractivity (Wildman–Crippen MR) is 67.0 cm³/mol. The Bertz CT molecular complexity index is 501. The van der Waals surface area contributed by atoms with Crippen LogP contribution in [0.1, 0.15) is 17.4 Å². The molecule has 1 aromatic heterocycles. The third-order valence-electron chi connectivity index (χ3n) is 2.46. The Morgan fingerprint density at radius 2 is 2.00 bits per heavy atom. The Kier molecular flexibility index (Phi) is 3.86. The molecule has 0 radical (unpaired) electrons. The highest BCUT2D eigenvalue weighted by Crippen LogP contribution is 2.19. The van der Waals surface area contributed by atoms with Gasteiger partial charge in [0, 0.05) is 17.1 Å². The number of hydrogen-bond donors (Lipinski definition) is 1. The van der Waals surface area contributed by atoms with Gasteiger partial charge in [0.2, 0.25) is 0 Å². The molecule has 0 aliphatic heterocycles. The third kappa shape index (κ3) is 3.11. The van der Waals surface area contributed by atoms with Crippen molar-refractivity contribution in [3.63, 3.8) is 0 Å². The largest absolute Gasteiger partial charge is 0.386 e. The fraction of sp³-hybridized carbons (Fsp3) is 0.154. The molecule has 0 saturated carbocycles. The summed E-state index contributed by atoms with van der Waals surface area (Å²) in [6, 6.07) is 9.94. The van der Waals surface area contributed by atoms with E-state index in [2.05, 4.69) is 20.9 Å². The van der Waals surface area contributed by atoms with Gasteiger partial charge in [-0.05, 0) is 39.7 Å². The van der Waals surface area contributed by atoms with Crippen molar-refractivity contribution in [3.8, 4) is 0 Å². The van der Waals surface area contributed by atoms with Crippen LogP contribution < -0.4 is 0 Å². The molecule has 2 nitrogen and oxygen atoms in total. The van der Waals surface area contributed by atoms with Gasteiger partial charge in [-0.1, -0.05) is 18.2 Å². The van der Waals surface area contributed by atoms with Gasteiger partial charge in [0.25, 0.3) is 0 Å². The fourth-order valence-corrected chi connectivity index (χ4v) is 1.80. The zero-order valence-electron chi connectivity index (χ0n) is 8.98. The van der Waals surface area contributed by atoms with Gasteiger partial charge in [-0.25, -0.2) is 4.39 Å². The minimum absolute atomic E-state index is 0.224. The van der Waals surface area contributed by atoms with Crippen LogP contribution in [-0.2, 0) is 6.42 Å². The lowest BCUT2D eigenvalue weighted by molar-refractivity contribution is 0.172. The molecule has 0 fully saturated rings. The highest BCUT2D eigenvalue weighted by Gasteiger charge is 2.12. The first-order valence-electron chi connectivity index (χ1n) is 5.20. The lowest BCUT2D eigenvalue weighted by Crippen LogP contribution is -2.05. The van der Waals surface area contributed by atoms with E-state index in [1.807, 2.05) is 0 Å². The minimum Gasteiger partial charge on any atom is -0.386 e. The second-order valence-corrected chi connectivity index (χ2v) is 4.63. The van der Waals surface area contributed by atoms with Crippen molar-refractivity contribution in [2.24, 2.45) is 0 Å². The molecule has 17 heavy (non-hydrogen) atoms. The number of hydrogen-bond acceptors (Lipinski definition) is 2. The Balaban J connectivity index is 2.14. The highest BCUT2D eigenvalue weighted by molar-refractivity contribution is 9.10. The summed E-state index contributed by atoms with van der Waals surface area (Å²) in [6.07, 6.45) is 1.04. The maximum atomic E-state index is 13.4. The van der Waals surface area contributed by atoms with Gasteiger partial charge in [-0.3, -0.25) is 4.98 Å². The van der Waals surface area contributed by atoms with E-state index in [1.165, 1.54) is 6.07 Å². The zero-order valence-corrected chi connectivity index (χ0v) is 10.6. The molecule has 4 heteroatoms. The summed E-state index contributed by atoms with van der Waals surface area (Å²) in [6.45, 7) is 0. The van der Waals surface area contributed by atoms with E-state index in [-0.39, 0.29) is 12.2 Å². The number of benzene rings is 1. The molecule has 1 atom stereocenters. The molecular formula is C13H11BrFNO. The molecule has 1 N–H and O–H groups in total. The van der Waals surface area contributed by atoms with Crippen LogP contribution >= 0.6 is 15.9 Å². The second kappa shape index (κ2) is 5.38. The lowest BCUT2D eigenvalue weighted by Gasteiger charge is -2.10. The molecule has 0 bridgehead atoms. The monoisotopic (exact) mass is 295 g/mol. The molecule has 1 unspecified atom stereocenters. The van der Waals surface area contributed by atoms with Crippen molar-refractivity contribution in [1.29, 1.82) is 0 Å². The molecule has 88 valence electrons. The van der Waals surface area contributed by atoms with Crippen LogP contribution in [0.4, 0.5) is 4.39 Å². The summed E-state index contributed by atoms with van der Waals surface area (Å²) < 4.78 is 14.2. The second-order valence-electron chi connectivity index (χ2n) is 3.71. The number of nitrogens with zero attached hydrogens (tertiary/aromatic N) is 1. The van der Waals surface area contributed by atoms with E-state index in [4.69, 9.17) is 0 Å². The van der Waals surface area contributed by atoms with Crippen LogP contribution in [0.15, 0.2) is 47.1 Å². The number of aromatic nitrogens is 1. The summed E-state index contributed by atoms with van der Waals surface area (Å²) in [5, 5.41) is 9.94. The van der Waals surface area contributed by atoms with Crippen molar-refractivity contribution in [2.75, 3.05) is 0 Å². The molecule has 1 heterocycles. The van der Waals surface area contributed by atoms with E-state index in [0.29, 0.717) is 11.3 Å². The number of aliphatic hydroxyl groups is 1. The van der Waals surface area contributed by atoms with Gasteiger partial charge in [-0.15, -0.1) is 0 Å². The maximum absolute atomic E-state index is 13.4. The van der Waals surface area contributed by atoms with Crippen LogP contribution in [0.2, 0.25) is 0 Å². The first-order valence-corrected chi connectivity index (χ1v) is 5.99. The minimum atomic E-state index is -0.792. The zero-order chi connectivity index (χ0) is 12.3. The molecule has 0 spiro atoms. The summed E-state index contributed by atoms with van der Waals surface area (Å²) >= 11 is 3.27. The van der Waals surface area contributed by atoms with E-state index in [9.17, 15) is 9.50 Å². The molecular weight excluding hydrogens is 285 g/mol. The first kappa shape index (κ1) is 12.2. The number of rotatable bonds is 3. The van der Waals surface area contributed by atoms with Gasteiger partial charge in [0.15, 0.2) is 0 Å². The normalized spacial score (nSPS) is 12.4. The number of pyridine rings is 1.